The molecule has 1 heterocycles. The Morgan fingerprint density at radius 2 is 1.94 bits per heavy atom. The monoisotopic (exact) mass is 248 g/mol. The molecular weight excluding hydrogens is 228 g/mol. The van der Waals surface area contributed by atoms with Crippen LogP contribution in [0.4, 0.5) is 5.13 Å². The molecular formula is C14H20N2S. The van der Waals surface area contributed by atoms with Gasteiger partial charge in [-0.15, -0.1) is 0 Å². The third-order valence-corrected chi connectivity index (χ3v) is 3.84. The molecule has 1 aromatic carbocycles. The van der Waals surface area contributed by atoms with Gasteiger partial charge in [0.05, 0.1) is 10.2 Å². The van der Waals surface area contributed by atoms with Crippen molar-refractivity contribution in [1.29, 1.82) is 0 Å². The van der Waals surface area contributed by atoms with Crippen molar-refractivity contribution in [2.45, 2.75) is 39.0 Å². The number of benzene rings is 1. The first-order chi connectivity index (χ1) is 8.40. The van der Waals surface area contributed by atoms with Crippen molar-refractivity contribution in [3.63, 3.8) is 0 Å². The Kier molecular flexibility index (Phi) is 4.80. The van der Waals surface area contributed by atoms with E-state index >= 15 is 0 Å². The summed E-state index contributed by atoms with van der Waals surface area (Å²) in [4.78, 5) is 4.55. The highest BCUT2D eigenvalue weighted by Crippen LogP contribution is 2.25. The van der Waals surface area contributed by atoms with Gasteiger partial charge >= 0.3 is 0 Å². The van der Waals surface area contributed by atoms with Crippen LogP contribution in [-0.2, 0) is 0 Å². The van der Waals surface area contributed by atoms with E-state index in [0.29, 0.717) is 0 Å². The van der Waals surface area contributed by atoms with E-state index < -0.39 is 0 Å². The van der Waals surface area contributed by atoms with Gasteiger partial charge in [0.15, 0.2) is 5.13 Å². The molecule has 0 spiro atoms. The summed E-state index contributed by atoms with van der Waals surface area (Å²) < 4.78 is 1.26. The van der Waals surface area contributed by atoms with Gasteiger partial charge < -0.3 is 5.32 Å². The molecule has 0 unspecified atom stereocenters. The summed E-state index contributed by atoms with van der Waals surface area (Å²) in [6, 6.07) is 8.29. The summed E-state index contributed by atoms with van der Waals surface area (Å²) in [5, 5.41) is 4.48. The number of hydrogen-bond acceptors (Lipinski definition) is 3. The molecule has 2 aromatic rings. The Balaban J connectivity index is 1.75. The molecule has 92 valence electrons. The van der Waals surface area contributed by atoms with Gasteiger partial charge in [-0.3, -0.25) is 0 Å². The van der Waals surface area contributed by atoms with Crippen molar-refractivity contribution in [2.24, 2.45) is 0 Å². The molecule has 0 saturated heterocycles. The van der Waals surface area contributed by atoms with E-state index in [1.54, 1.807) is 11.3 Å². The van der Waals surface area contributed by atoms with Crippen LogP contribution >= 0.6 is 11.3 Å². The highest BCUT2D eigenvalue weighted by atomic mass is 32.1. The van der Waals surface area contributed by atoms with Crippen molar-refractivity contribution in [3.05, 3.63) is 24.3 Å². The molecule has 17 heavy (non-hydrogen) atoms. The minimum absolute atomic E-state index is 1.05. The Morgan fingerprint density at radius 1 is 1.12 bits per heavy atom. The van der Waals surface area contributed by atoms with Crippen LogP contribution in [0.3, 0.4) is 0 Å². The maximum absolute atomic E-state index is 4.55. The van der Waals surface area contributed by atoms with Crippen molar-refractivity contribution in [1.82, 2.24) is 4.98 Å². The number of nitrogens with one attached hydrogen (secondary N) is 1. The van der Waals surface area contributed by atoms with Crippen LogP contribution < -0.4 is 5.32 Å². The van der Waals surface area contributed by atoms with Gasteiger partial charge in [-0.1, -0.05) is 56.1 Å². The summed E-state index contributed by atoms with van der Waals surface area (Å²) in [6.45, 7) is 3.29. The van der Waals surface area contributed by atoms with Crippen LogP contribution in [-0.4, -0.2) is 11.5 Å². The van der Waals surface area contributed by atoms with Gasteiger partial charge in [-0.05, 0) is 18.6 Å². The fourth-order valence-electron chi connectivity index (χ4n) is 1.87. The highest BCUT2D eigenvalue weighted by molar-refractivity contribution is 7.22. The van der Waals surface area contributed by atoms with Crippen molar-refractivity contribution in [3.8, 4) is 0 Å². The first kappa shape index (κ1) is 12.4. The normalized spacial score (nSPS) is 10.9. The van der Waals surface area contributed by atoms with Gasteiger partial charge in [0.2, 0.25) is 0 Å². The SMILES string of the molecule is CCCCCCCNc1nc2ccccc2s1. The molecule has 0 bridgehead atoms. The summed E-state index contributed by atoms with van der Waals surface area (Å²) in [5.74, 6) is 0. The topological polar surface area (TPSA) is 24.9 Å². The Morgan fingerprint density at radius 3 is 2.76 bits per heavy atom. The fourth-order valence-corrected chi connectivity index (χ4v) is 2.76. The van der Waals surface area contributed by atoms with Crippen LogP contribution in [0, 0.1) is 0 Å². The molecule has 0 aliphatic heterocycles. The quantitative estimate of drug-likeness (QED) is 0.720. The standard InChI is InChI=1S/C14H20N2S/c1-2-3-4-5-8-11-15-14-16-12-9-6-7-10-13(12)17-14/h6-7,9-10H,2-5,8,11H2,1H3,(H,15,16). The molecule has 0 amide bonds. The average molecular weight is 248 g/mol. The number of anilines is 1. The number of hydrogen-bond donors (Lipinski definition) is 1. The number of unbranched alkanes of at least 4 members (excludes halogenated alkanes) is 4. The second-order valence-electron chi connectivity index (χ2n) is 4.33. The predicted molar refractivity (Wildman–Crippen MR) is 76.9 cm³/mol. The highest BCUT2D eigenvalue weighted by Gasteiger charge is 2.01. The molecule has 2 nitrogen and oxygen atoms in total. The van der Waals surface area contributed by atoms with Crippen LogP contribution in [0.1, 0.15) is 39.0 Å². The minimum Gasteiger partial charge on any atom is -0.361 e. The fraction of sp³-hybridized carbons (Fsp3) is 0.500. The number of rotatable bonds is 7. The van der Waals surface area contributed by atoms with E-state index in [-0.39, 0.29) is 0 Å². The molecule has 1 aromatic heterocycles. The second kappa shape index (κ2) is 6.60. The number of aromatic nitrogens is 1. The molecule has 0 saturated carbocycles. The van der Waals surface area contributed by atoms with Crippen molar-refractivity contribution in [2.75, 3.05) is 11.9 Å². The number of thiazole rings is 1. The lowest BCUT2D eigenvalue weighted by Crippen LogP contribution is -2.00. The maximum Gasteiger partial charge on any atom is 0.183 e. The third-order valence-electron chi connectivity index (χ3n) is 2.85. The molecule has 0 aliphatic carbocycles. The van der Waals surface area contributed by atoms with E-state index in [1.165, 1.54) is 36.8 Å². The Hall–Kier alpha value is -1.09. The summed E-state index contributed by atoms with van der Waals surface area (Å²) in [7, 11) is 0. The molecule has 0 radical (unpaired) electrons. The average Bonchev–Trinajstić information content (AvgIpc) is 2.76. The van der Waals surface area contributed by atoms with Crippen LogP contribution in [0.25, 0.3) is 10.2 Å². The third kappa shape index (κ3) is 3.70. The summed E-state index contributed by atoms with van der Waals surface area (Å²) >= 11 is 1.74. The van der Waals surface area contributed by atoms with E-state index in [0.717, 1.165) is 17.2 Å². The lowest BCUT2D eigenvalue weighted by Gasteiger charge is -2.01. The van der Waals surface area contributed by atoms with Crippen molar-refractivity contribution < 1.29 is 0 Å². The zero-order chi connectivity index (χ0) is 11.9. The Labute approximate surface area is 107 Å². The minimum atomic E-state index is 1.05. The summed E-state index contributed by atoms with van der Waals surface area (Å²) in [6.07, 6.45) is 6.60. The summed E-state index contributed by atoms with van der Waals surface area (Å²) in [5.41, 5.74) is 1.10. The molecule has 0 aliphatic rings. The van der Waals surface area contributed by atoms with Gasteiger partial charge in [0, 0.05) is 6.54 Å². The lowest BCUT2D eigenvalue weighted by atomic mass is 10.1. The molecule has 1 N–H and O–H groups in total. The number of fused-ring (bicyclic) bond motifs is 1. The van der Waals surface area contributed by atoms with E-state index in [2.05, 4.69) is 35.4 Å². The zero-order valence-electron chi connectivity index (χ0n) is 10.4. The van der Waals surface area contributed by atoms with Gasteiger partial charge in [-0.2, -0.15) is 0 Å². The van der Waals surface area contributed by atoms with Crippen LogP contribution in [0.5, 0.6) is 0 Å². The van der Waals surface area contributed by atoms with Gasteiger partial charge in [0.1, 0.15) is 0 Å². The van der Waals surface area contributed by atoms with Gasteiger partial charge in [0.25, 0.3) is 0 Å². The van der Waals surface area contributed by atoms with Crippen molar-refractivity contribution >= 4 is 26.7 Å². The predicted octanol–water partition coefficient (Wildman–Crippen LogP) is 4.68. The second-order valence-corrected chi connectivity index (χ2v) is 5.36. The van der Waals surface area contributed by atoms with E-state index in [9.17, 15) is 0 Å². The maximum atomic E-state index is 4.55. The molecule has 3 heteroatoms. The molecule has 0 atom stereocenters. The van der Waals surface area contributed by atoms with Crippen LogP contribution in [0.15, 0.2) is 24.3 Å². The lowest BCUT2D eigenvalue weighted by molar-refractivity contribution is 0.645. The number of para-hydroxylation sites is 1. The number of nitrogens with zero attached hydrogens (tertiary/aromatic N) is 1. The van der Waals surface area contributed by atoms with Crippen LogP contribution in [0.2, 0.25) is 0 Å². The Bertz CT molecular complexity index is 417. The first-order valence-corrected chi connectivity index (χ1v) is 7.31. The van der Waals surface area contributed by atoms with Gasteiger partial charge in [-0.25, -0.2) is 4.98 Å². The largest absolute Gasteiger partial charge is 0.361 e. The van der Waals surface area contributed by atoms with E-state index in [4.69, 9.17) is 0 Å². The first-order valence-electron chi connectivity index (χ1n) is 6.49. The molecule has 0 fully saturated rings. The molecule has 2 rings (SSSR count). The van der Waals surface area contributed by atoms with E-state index in [1.807, 2.05) is 6.07 Å². The smallest absolute Gasteiger partial charge is 0.183 e. The zero-order valence-corrected chi connectivity index (χ0v) is 11.2.